The van der Waals surface area contributed by atoms with E-state index in [1.54, 1.807) is 4.68 Å². The number of carbonyl (C=O) groups excluding carboxylic acids is 1. The molecule has 2 N–H and O–H groups in total. The molecule has 8 heteroatoms. The first-order chi connectivity index (χ1) is 12.1. The fraction of sp³-hybridized carbons (Fsp3) is 0.529. The fourth-order valence-corrected chi connectivity index (χ4v) is 3.12. The van der Waals surface area contributed by atoms with Gasteiger partial charge in [-0.3, -0.25) is 9.69 Å². The third-order valence-electron chi connectivity index (χ3n) is 4.27. The van der Waals surface area contributed by atoms with Crippen molar-refractivity contribution in [1.82, 2.24) is 24.6 Å². The van der Waals surface area contributed by atoms with Crippen molar-refractivity contribution in [1.29, 1.82) is 0 Å². The number of carbonyl (C=O) groups is 1. The van der Waals surface area contributed by atoms with Gasteiger partial charge in [-0.2, -0.15) is 4.68 Å². The van der Waals surface area contributed by atoms with E-state index in [4.69, 9.17) is 10.5 Å². The molecule has 1 saturated heterocycles. The average Bonchev–Trinajstić information content (AvgIpc) is 2.99. The molecule has 0 aliphatic carbocycles. The van der Waals surface area contributed by atoms with Crippen molar-refractivity contribution in [3.8, 4) is 5.82 Å². The summed E-state index contributed by atoms with van der Waals surface area (Å²) in [6.45, 7) is 7.17. The lowest BCUT2D eigenvalue weighted by Crippen LogP contribution is -2.39. The maximum Gasteiger partial charge on any atom is 0.225 e. The molecule has 0 bridgehead atoms. The molecule has 2 aromatic heterocycles. The zero-order valence-electron chi connectivity index (χ0n) is 14.7. The molecule has 1 amide bonds. The standard InChI is InChI=1S/C17H24N6O2/c1-3-13(22-7-9-25-10-8-22)17-20-15(11-14(18)24)21-23(17)16-6-4-5-12(2)19-16/h4-6,13H,3,7-11H2,1-2H3,(H2,18,24). The Bertz CT molecular complexity index is 738. The molecule has 0 saturated carbocycles. The molecule has 0 radical (unpaired) electrons. The van der Waals surface area contributed by atoms with E-state index in [0.717, 1.165) is 31.0 Å². The van der Waals surface area contributed by atoms with E-state index in [-0.39, 0.29) is 12.5 Å². The SMILES string of the molecule is CCC(c1nc(CC(N)=O)nn1-c1cccc(C)n1)N1CCOCC1. The second-order valence-electron chi connectivity index (χ2n) is 6.15. The predicted molar refractivity (Wildman–Crippen MR) is 92.2 cm³/mol. The summed E-state index contributed by atoms with van der Waals surface area (Å²) in [6, 6.07) is 5.85. The zero-order valence-corrected chi connectivity index (χ0v) is 14.7. The highest BCUT2D eigenvalue weighted by atomic mass is 16.5. The Labute approximate surface area is 147 Å². The minimum Gasteiger partial charge on any atom is -0.379 e. The van der Waals surface area contributed by atoms with Crippen molar-refractivity contribution in [2.75, 3.05) is 26.3 Å². The van der Waals surface area contributed by atoms with Crippen LogP contribution in [0.5, 0.6) is 0 Å². The molecule has 1 atom stereocenters. The number of ether oxygens (including phenoxy) is 1. The monoisotopic (exact) mass is 344 g/mol. The third kappa shape index (κ3) is 4.02. The molecule has 1 aliphatic rings. The molecule has 3 rings (SSSR count). The van der Waals surface area contributed by atoms with Gasteiger partial charge >= 0.3 is 0 Å². The number of nitrogens with zero attached hydrogens (tertiary/aromatic N) is 5. The van der Waals surface area contributed by atoms with Gasteiger partial charge in [0.2, 0.25) is 5.91 Å². The van der Waals surface area contributed by atoms with Crippen LogP contribution in [0.4, 0.5) is 0 Å². The number of hydrogen-bond acceptors (Lipinski definition) is 6. The molecule has 8 nitrogen and oxygen atoms in total. The zero-order chi connectivity index (χ0) is 17.8. The summed E-state index contributed by atoms with van der Waals surface area (Å²) in [6.07, 6.45) is 0.895. The normalized spacial score (nSPS) is 16.7. The maximum atomic E-state index is 11.3. The second-order valence-corrected chi connectivity index (χ2v) is 6.15. The van der Waals surface area contributed by atoms with Crippen molar-refractivity contribution in [3.05, 3.63) is 35.5 Å². The third-order valence-corrected chi connectivity index (χ3v) is 4.27. The van der Waals surface area contributed by atoms with Crippen LogP contribution in [-0.2, 0) is 16.0 Å². The van der Waals surface area contributed by atoms with E-state index >= 15 is 0 Å². The number of nitrogens with two attached hydrogens (primary N) is 1. The lowest BCUT2D eigenvalue weighted by molar-refractivity contribution is -0.117. The quantitative estimate of drug-likeness (QED) is 0.831. The first-order valence-corrected chi connectivity index (χ1v) is 8.58. The van der Waals surface area contributed by atoms with Gasteiger partial charge in [0.05, 0.1) is 25.7 Å². The van der Waals surface area contributed by atoms with Crippen LogP contribution in [0, 0.1) is 6.92 Å². The van der Waals surface area contributed by atoms with Gasteiger partial charge in [0, 0.05) is 18.8 Å². The summed E-state index contributed by atoms with van der Waals surface area (Å²) < 4.78 is 7.21. The van der Waals surface area contributed by atoms with E-state index in [1.807, 2.05) is 25.1 Å². The smallest absolute Gasteiger partial charge is 0.225 e. The van der Waals surface area contributed by atoms with Gasteiger partial charge in [0.1, 0.15) is 0 Å². The lowest BCUT2D eigenvalue weighted by atomic mass is 10.1. The van der Waals surface area contributed by atoms with Gasteiger partial charge in [0.25, 0.3) is 0 Å². The predicted octanol–water partition coefficient (Wildman–Crippen LogP) is 0.782. The molecule has 134 valence electrons. The molecule has 3 heterocycles. The fourth-order valence-electron chi connectivity index (χ4n) is 3.12. The molecular weight excluding hydrogens is 320 g/mol. The summed E-state index contributed by atoms with van der Waals surface area (Å²) in [4.78, 5) is 22.8. The van der Waals surface area contributed by atoms with Gasteiger partial charge in [-0.15, -0.1) is 5.10 Å². The van der Waals surface area contributed by atoms with Crippen molar-refractivity contribution in [2.45, 2.75) is 32.7 Å². The molecule has 0 spiro atoms. The first-order valence-electron chi connectivity index (χ1n) is 8.58. The second kappa shape index (κ2) is 7.71. The van der Waals surface area contributed by atoms with Crippen LogP contribution in [0.2, 0.25) is 0 Å². The Morgan fingerprint density at radius 1 is 1.32 bits per heavy atom. The van der Waals surface area contributed by atoms with Crippen LogP contribution in [-0.4, -0.2) is 56.9 Å². The van der Waals surface area contributed by atoms with E-state index in [9.17, 15) is 4.79 Å². The van der Waals surface area contributed by atoms with Crippen LogP contribution in [0.3, 0.4) is 0 Å². The summed E-state index contributed by atoms with van der Waals surface area (Å²) in [5.74, 6) is 1.47. The summed E-state index contributed by atoms with van der Waals surface area (Å²) in [7, 11) is 0. The number of amides is 1. The number of hydrogen-bond donors (Lipinski definition) is 1. The number of rotatable bonds is 6. The number of aryl methyl sites for hydroxylation is 1. The van der Waals surface area contributed by atoms with Crippen LogP contribution in [0.15, 0.2) is 18.2 Å². The molecule has 1 fully saturated rings. The number of morpholine rings is 1. The Morgan fingerprint density at radius 2 is 2.08 bits per heavy atom. The van der Waals surface area contributed by atoms with Crippen LogP contribution >= 0.6 is 0 Å². The topological polar surface area (TPSA) is 99.2 Å². The Hall–Kier alpha value is -2.32. The summed E-state index contributed by atoms with van der Waals surface area (Å²) in [5.41, 5.74) is 6.23. The number of primary amides is 1. The largest absolute Gasteiger partial charge is 0.379 e. The van der Waals surface area contributed by atoms with Crippen molar-refractivity contribution < 1.29 is 9.53 Å². The van der Waals surface area contributed by atoms with E-state index in [2.05, 4.69) is 26.9 Å². The molecule has 2 aromatic rings. The summed E-state index contributed by atoms with van der Waals surface area (Å²) >= 11 is 0. The van der Waals surface area contributed by atoms with E-state index in [1.165, 1.54) is 0 Å². The Balaban J connectivity index is 2.02. The Morgan fingerprint density at radius 3 is 2.72 bits per heavy atom. The molecule has 1 unspecified atom stereocenters. The highest BCUT2D eigenvalue weighted by Crippen LogP contribution is 2.25. The average molecular weight is 344 g/mol. The maximum absolute atomic E-state index is 11.3. The number of pyridine rings is 1. The lowest BCUT2D eigenvalue weighted by Gasteiger charge is -2.33. The number of aromatic nitrogens is 4. The van der Waals surface area contributed by atoms with Crippen LogP contribution in [0.1, 0.15) is 36.7 Å². The highest BCUT2D eigenvalue weighted by molar-refractivity contribution is 5.75. The van der Waals surface area contributed by atoms with E-state index in [0.29, 0.717) is 24.9 Å². The van der Waals surface area contributed by atoms with Gasteiger partial charge in [0.15, 0.2) is 17.5 Å². The van der Waals surface area contributed by atoms with Crippen molar-refractivity contribution >= 4 is 5.91 Å². The van der Waals surface area contributed by atoms with Gasteiger partial charge in [-0.1, -0.05) is 13.0 Å². The summed E-state index contributed by atoms with van der Waals surface area (Å²) in [5, 5.41) is 4.51. The molecule has 1 aliphatic heterocycles. The van der Waals surface area contributed by atoms with Gasteiger partial charge < -0.3 is 10.5 Å². The van der Waals surface area contributed by atoms with E-state index < -0.39 is 5.91 Å². The molecule has 0 aromatic carbocycles. The van der Waals surface area contributed by atoms with Crippen molar-refractivity contribution in [2.24, 2.45) is 5.73 Å². The van der Waals surface area contributed by atoms with Crippen molar-refractivity contribution in [3.63, 3.8) is 0 Å². The molecule has 25 heavy (non-hydrogen) atoms. The minimum atomic E-state index is -0.444. The first kappa shape index (κ1) is 17.5. The van der Waals surface area contributed by atoms with Crippen LogP contribution in [0.25, 0.3) is 5.82 Å². The molecular formula is C17H24N6O2. The van der Waals surface area contributed by atoms with Gasteiger partial charge in [-0.05, 0) is 25.5 Å². The van der Waals surface area contributed by atoms with Crippen LogP contribution < -0.4 is 5.73 Å². The van der Waals surface area contributed by atoms with Gasteiger partial charge in [-0.25, -0.2) is 9.97 Å². The minimum absolute atomic E-state index is 0.0192. The Kier molecular flexibility index (Phi) is 5.40. The highest BCUT2D eigenvalue weighted by Gasteiger charge is 2.27.